The molecular weight excluding hydrogens is 909 g/mol. The molecule has 67 heavy (non-hydrogen) atoms. The summed E-state index contributed by atoms with van der Waals surface area (Å²) in [5, 5.41) is 72.1. The summed E-state index contributed by atoms with van der Waals surface area (Å²) in [6.07, 6.45) is -10.3. The lowest BCUT2D eigenvalue weighted by molar-refractivity contribution is -0.359. The first kappa shape index (κ1) is 50.6. The number of urea groups is 1. The number of amides is 2. The Hall–Kier alpha value is -2.78. The molecule has 376 valence electrons. The van der Waals surface area contributed by atoms with Gasteiger partial charge in [0, 0.05) is 37.3 Å². The van der Waals surface area contributed by atoms with Crippen molar-refractivity contribution in [3.8, 4) is 12.3 Å². The third-order valence-electron chi connectivity index (χ3n) is 16.1. The minimum absolute atomic E-state index is 0.00462. The molecule has 0 bridgehead atoms. The maximum atomic E-state index is 14.3. The van der Waals surface area contributed by atoms with Gasteiger partial charge in [-0.1, -0.05) is 25.3 Å². The molecule has 7 fully saturated rings. The van der Waals surface area contributed by atoms with E-state index in [1.54, 1.807) is 17.7 Å². The van der Waals surface area contributed by atoms with E-state index in [2.05, 4.69) is 23.5 Å². The number of Topliss-reactive ketones (excluding diaryl/α,β-unsaturated/α-hetero) is 1. The van der Waals surface area contributed by atoms with E-state index in [4.69, 9.17) is 45.3 Å². The third-order valence-corrected chi connectivity index (χ3v) is 16.7. The van der Waals surface area contributed by atoms with E-state index < -0.39 is 156 Å². The zero-order chi connectivity index (χ0) is 48.5. The van der Waals surface area contributed by atoms with Crippen LogP contribution in [0.5, 0.6) is 0 Å². The van der Waals surface area contributed by atoms with Crippen molar-refractivity contribution in [3.63, 3.8) is 0 Å². The molecule has 4 aliphatic carbocycles. The highest BCUT2D eigenvalue weighted by molar-refractivity contribution is 7.83. The topological polar surface area (TPSA) is 354 Å². The van der Waals surface area contributed by atoms with E-state index in [-0.39, 0.29) is 49.3 Å². The molecule has 3 saturated carbocycles. The van der Waals surface area contributed by atoms with Gasteiger partial charge in [-0.15, -0.1) is 6.42 Å². The number of carbonyl (C=O) groups is 3. The highest BCUT2D eigenvalue weighted by atomic mass is 32.2. The van der Waals surface area contributed by atoms with Gasteiger partial charge in [0.2, 0.25) is 0 Å². The molecule has 4 aliphatic heterocycles. The largest absolute Gasteiger partial charge is 0.390 e. The predicted octanol–water partition coefficient (Wildman–Crippen LogP) is -2.81. The van der Waals surface area contributed by atoms with Crippen molar-refractivity contribution in [2.24, 2.45) is 40.2 Å². The molecule has 23 nitrogen and oxygen atoms in total. The van der Waals surface area contributed by atoms with Crippen LogP contribution in [0.4, 0.5) is 4.79 Å². The number of aliphatic hydroxyl groups excluding tert-OH is 6. The highest BCUT2D eigenvalue weighted by Crippen LogP contribution is 2.70. The van der Waals surface area contributed by atoms with Crippen LogP contribution in [0.3, 0.4) is 0 Å². The molecule has 8 aliphatic rings. The number of nitrogens with two attached hydrogens (primary N) is 1. The molecule has 12 N–H and O–H groups in total. The van der Waals surface area contributed by atoms with Crippen LogP contribution in [0.1, 0.15) is 72.1 Å². The van der Waals surface area contributed by atoms with Crippen molar-refractivity contribution >= 4 is 27.9 Å². The first-order valence-corrected chi connectivity index (χ1v) is 24.3. The monoisotopic (exact) mass is 972 g/mol. The molecule has 2 amide bonds. The van der Waals surface area contributed by atoms with Crippen LogP contribution in [-0.2, 0) is 53.1 Å². The molecule has 4 heterocycles. The molecule has 0 aromatic heterocycles. The predicted molar refractivity (Wildman–Crippen MR) is 225 cm³/mol. The maximum absolute atomic E-state index is 14.3. The number of ketones is 2. The minimum atomic E-state index is -4.82. The lowest BCUT2D eigenvalue weighted by Crippen LogP contribution is -2.66. The second-order valence-corrected chi connectivity index (χ2v) is 21.1. The Morgan fingerprint density at radius 3 is 2.45 bits per heavy atom. The van der Waals surface area contributed by atoms with Crippen molar-refractivity contribution in [1.82, 2.24) is 15.4 Å². The Balaban J connectivity index is 1.15. The number of nitrogens with one attached hydrogen (secondary N) is 3. The van der Waals surface area contributed by atoms with Crippen LogP contribution in [0, 0.1) is 46.8 Å². The fourth-order valence-electron chi connectivity index (χ4n) is 12.9. The number of hydrogen-bond acceptors (Lipinski definition) is 19. The number of hydrogen-bond donors (Lipinski definition) is 11. The Labute approximate surface area is 387 Å². The summed E-state index contributed by atoms with van der Waals surface area (Å²) in [5.41, 5.74) is 3.02. The number of ether oxygens (including phenoxy) is 7. The molecule has 0 spiro atoms. The first-order valence-electron chi connectivity index (χ1n) is 22.9. The smallest absolute Gasteiger partial charge is 0.335 e. The van der Waals surface area contributed by atoms with Gasteiger partial charge in [0.25, 0.3) is 0 Å². The fourth-order valence-corrected chi connectivity index (χ4v) is 13.4. The quantitative estimate of drug-likeness (QED) is 0.0618. The van der Waals surface area contributed by atoms with Gasteiger partial charge in [-0.3, -0.25) is 19.5 Å². The lowest BCUT2D eigenvalue weighted by Gasteiger charge is -2.62. The van der Waals surface area contributed by atoms with Crippen LogP contribution in [0.25, 0.3) is 0 Å². The molecule has 3 unspecified atom stereocenters. The van der Waals surface area contributed by atoms with E-state index in [9.17, 15) is 58.0 Å². The first-order chi connectivity index (χ1) is 31.5. The summed E-state index contributed by atoms with van der Waals surface area (Å²) in [6, 6.07) is -1.40. The van der Waals surface area contributed by atoms with E-state index in [1.165, 1.54) is 0 Å². The highest BCUT2D eigenvalue weighted by Gasteiger charge is 2.76. The van der Waals surface area contributed by atoms with Crippen molar-refractivity contribution < 1.29 is 91.2 Å². The van der Waals surface area contributed by atoms with Crippen LogP contribution in [-0.4, -0.2) is 179 Å². The summed E-state index contributed by atoms with van der Waals surface area (Å²) in [6.45, 7) is 4.18. The molecule has 0 aromatic carbocycles. The average Bonchev–Trinajstić information content (AvgIpc) is 3.91. The average molecular weight is 973 g/mol. The van der Waals surface area contributed by atoms with E-state index in [1.807, 2.05) is 6.92 Å². The summed E-state index contributed by atoms with van der Waals surface area (Å²) in [7, 11) is -4.82. The number of fused-ring (bicyclic) bond motifs is 7. The normalized spacial score (nSPS) is 47.7. The summed E-state index contributed by atoms with van der Waals surface area (Å²) < 4.78 is 78.1. The summed E-state index contributed by atoms with van der Waals surface area (Å²) in [5.74, 6) is 1.07. The van der Waals surface area contributed by atoms with E-state index in [0.717, 1.165) is 5.57 Å². The van der Waals surface area contributed by atoms with Crippen molar-refractivity contribution in [2.75, 3.05) is 19.8 Å². The SMILES string of the molecule is C#C[C@@H](C)C1N[C@@H]2C[C@H]3[C@@H]4CCC5=CC(=O)CC[C@]5(C)[C@H]4[C@@H](O[C@H]4OC(CO[C@@H]5O[C@H](NS(=O)(=O)O)C[C@@H](O)[C@H]5O)[C@H](O)[C@H](O)C4O[C@@H]4C[C@H](O)[C@@H](CNC(N)=O)O4)C[C@]3(C)[C@]2(C(=O)CO)O1. The summed E-state index contributed by atoms with van der Waals surface area (Å²) >= 11 is 0. The number of terminal acetylenes is 1. The minimum Gasteiger partial charge on any atom is -0.390 e. The Kier molecular flexibility index (Phi) is 14.4. The maximum Gasteiger partial charge on any atom is 0.335 e. The van der Waals surface area contributed by atoms with Crippen molar-refractivity contribution in [3.05, 3.63) is 11.6 Å². The van der Waals surface area contributed by atoms with Gasteiger partial charge in [0.15, 0.2) is 36.0 Å². The zero-order valence-corrected chi connectivity index (χ0v) is 38.2. The molecular formula is C43H64N4O19S. The second-order valence-electron chi connectivity index (χ2n) is 19.9. The Morgan fingerprint density at radius 2 is 1.76 bits per heavy atom. The molecule has 24 heteroatoms. The fraction of sp³-hybridized carbons (Fsp3) is 0.837. The number of allylic oxidation sites excluding steroid dienone is 1. The van der Waals surface area contributed by atoms with Crippen molar-refractivity contribution in [1.29, 1.82) is 0 Å². The molecule has 22 atom stereocenters. The van der Waals surface area contributed by atoms with Gasteiger partial charge >= 0.3 is 16.3 Å². The van der Waals surface area contributed by atoms with Crippen LogP contribution in [0.2, 0.25) is 0 Å². The second kappa shape index (κ2) is 19.1. The van der Waals surface area contributed by atoms with Crippen LogP contribution in [0.15, 0.2) is 11.6 Å². The number of carbonyl (C=O) groups excluding carboxylic acids is 3. The number of aliphatic hydroxyl groups is 6. The van der Waals surface area contributed by atoms with E-state index >= 15 is 0 Å². The van der Waals surface area contributed by atoms with Gasteiger partial charge in [0.05, 0.1) is 30.8 Å². The standard InChI is InChI=1S/C43H64N4O19S/c1-5-18(2)37-46-28-11-22-21-7-6-19-10-20(49)8-9-41(19,3)32(21)25(14-42(22,4)43(28,66-37)29(52)16-48)62-39-36(65-31-13-23(50)26(61-31)15-45-40(44)56)35(55)34(54)27(63-39)17-60-38-33(53)24(51)12-30(64-38)47-67(57,58)59/h1,10,18,21-28,30-39,46-48,50-51,53-55H,6-9,11-17H2,2-4H3,(H3,44,45,56)(H,57,58,59)/t18-,21+,22+,23+,24-,25+,26-,27?,28-,30+,31-,32-,33-,34+,35+,36?,37?,38-,39+,41+,42+,43+/m1/s1. The third kappa shape index (κ3) is 9.23. The molecule has 8 rings (SSSR count). The molecule has 0 aromatic rings. The van der Waals surface area contributed by atoms with Gasteiger partial charge in [0.1, 0.15) is 55.7 Å². The number of primary amides is 1. The Morgan fingerprint density at radius 1 is 1.01 bits per heavy atom. The van der Waals surface area contributed by atoms with Crippen molar-refractivity contribution in [2.45, 2.75) is 170 Å². The molecule has 4 saturated heterocycles. The summed E-state index contributed by atoms with van der Waals surface area (Å²) in [4.78, 5) is 38.7. The van der Waals surface area contributed by atoms with Gasteiger partial charge in [-0.05, 0) is 68.3 Å². The number of rotatable bonds is 14. The van der Waals surface area contributed by atoms with Gasteiger partial charge in [-0.25, -0.2) is 4.79 Å². The molecule has 0 radical (unpaired) electrons. The van der Waals surface area contributed by atoms with Gasteiger partial charge in [-0.2, -0.15) is 13.1 Å². The van der Waals surface area contributed by atoms with Crippen LogP contribution >= 0.6 is 0 Å². The lowest BCUT2D eigenvalue weighted by atomic mass is 9.45. The van der Waals surface area contributed by atoms with Crippen LogP contribution < -0.4 is 21.1 Å². The van der Waals surface area contributed by atoms with E-state index in [0.29, 0.717) is 25.7 Å². The zero-order valence-electron chi connectivity index (χ0n) is 37.4. The van der Waals surface area contributed by atoms with Gasteiger partial charge < -0.3 is 74.8 Å². The Bertz CT molecular complexity index is 2080.